The van der Waals surface area contributed by atoms with Crippen molar-refractivity contribution in [2.75, 3.05) is 32.8 Å². The van der Waals surface area contributed by atoms with Crippen molar-refractivity contribution in [3.63, 3.8) is 0 Å². The standard InChI is InChI=1S/C19H19Cl2N3O4/c20-13-5-6-15(17(11-13)24(26)27)19(25)22-12-18(23-7-9-28-10-8-23)14-3-1-2-4-16(14)21/h1-6,11,18H,7-10,12H2,(H,22,25)/t18-/m0/s1. The van der Waals surface area contributed by atoms with Crippen LogP contribution in [0.4, 0.5) is 5.69 Å². The number of rotatable bonds is 6. The van der Waals surface area contributed by atoms with E-state index in [-0.39, 0.29) is 28.9 Å². The summed E-state index contributed by atoms with van der Waals surface area (Å²) in [6.45, 7) is 2.84. The summed E-state index contributed by atoms with van der Waals surface area (Å²) in [5.41, 5.74) is 0.525. The van der Waals surface area contributed by atoms with Gasteiger partial charge in [0.1, 0.15) is 5.56 Å². The first-order chi connectivity index (χ1) is 13.5. The maximum atomic E-state index is 12.6. The highest BCUT2D eigenvalue weighted by molar-refractivity contribution is 6.31. The number of nitro groups is 1. The Morgan fingerprint density at radius 3 is 2.61 bits per heavy atom. The van der Waals surface area contributed by atoms with Crippen LogP contribution < -0.4 is 5.32 Å². The highest BCUT2D eigenvalue weighted by atomic mass is 35.5. The van der Waals surface area contributed by atoms with Gasteiger partial charge in [-0.05, 0) is 23.8 Å². The number of carbonyl (C=O) groups is 1. The zero-order valence-electron chi connectivity index (χ0n) is 14.9. The molecule has 1 saturated heterocycles. The lowest BCUT2D eigenvalue weighted by atomic mass is 10.0. The molecule has 0 radical (unpaired) electrons. The Morgan fingerprint density at radius 1 is 1.21 bits per heavy atom. The molecule has 1 aliphatic heterocycles. The van der Waals surface area contributed by atoms with Gasteiger partial charge in [-0.25, -0.2) is 0 Å². The first-order valence-electron chi connectivity index (χ1n) is 8.75. The molecule has 148 valence electrons. The topological polar surface area (TPSA) is 84.7 Å². The lowest BCUT2D eigenvalue weighted by Gasteiger charge is -2.35. The Labute approximate surface area is 172 Å². The SMILES string of the molecule is O=C(NC[C@@H](c1ccccc1Cl)N1CCOCC1)c1ccc(Cl)cc1[N+](=O)[O-]. The molecule has 0 aromatic heterocycles. The number of amides is 1. The fourth-order valence-electron chi connectivity index (χ4n) is 3.20. The van der Waals surface area contributed by atoms with Crippen LogP contribution in [0, 0.1) is 10.1 Å². The molecule has 9 heteroatoms. The van der Waals surface area contributed by atoms with Gasteiger partial charge in [-0.3, -0.25) is 19.8 Å². The van der Waals surface area contributed by atoms with E-state index in [1.165, 1.54) is 18.2 Å². The number of hydrogen-bond acceptors (Lipinski definition) is 5. The van der Waals surface area contributed by atoms with E-state index < -0.39 is 10.8 Å². The maximum Gasteiger partial charge on any atom is 0.283 e. The van der Waals surface area contributed by atoms with Crippen LogP contribution in [0.2, 0.25) is 10.0 Å². The zero-order valence-corrected chi connectivity index (χ0v) is 16.4. The molecule has 0 saturated carbocycles. The highest BCUT2D eigenvalue weighted by Gasteiger charge is 2.26. The average molecular weight is 424 g/mol. The van der Waals surface area contributed by atoms with Gasteiger partial charge in [-0.15, -0.1) is 0 Å². The van der Waals surface area contributed by atoms with Crippen molar-refractivity contribution in [3.8, 4) is 0 Å². The first kappa shape index (κ1) is 20.5. The maximum absolute atomic E-state index is 12.6. The van der Waals surface area contributed by atoms with Gasteiger partial charge >= 0.3 is 0 Å². The Hall–Kier alpha value is -2.19. The molecule has 1 atom stereocenters. The fraction of sp³-hybridized carbons (Fsp3) is 0.316. The third-order valence-corrected chi connectivity index (χ3v) is 5.19. The number of nitrogens with zero attached hydrogens (tertiary/aromatic N) is 2. The smallest absolute Gasteiger partial charge is 0.283 e. The van der Waals surface area contributed by atoms with E-state index in [4.69, 9.17) is 27.9 Å². The van der Waals surface area contributed by atoms with Crippen molar-refractivity contribution >= 4 is 34.8 Å². The molecule has 1 heterocycles. The predicted octanol–water partition coefficient (Wildman–Crippen LogP) is 3.70. The van der Waals surface area contributed by atoms with Gasteiger partial charge in [0.15, 0.2) is 0 Å². The molecular weight excluding hydrogens is 405 g/mol. The summed E-state index contributed by atoms with van der Waals surface area (Å²) in [4.78, 5) is 25.5. The van der Waals surface area contributed by atoms with E-state index >= 15 is 0 Å². The van der Waals surface area contributed by atoms with E-state index in [1.54, 1.807) is 6.07 Å². The first-order valence-corrected chi connectivity index (χ1v) is 9.51. The molecule has 0 spiro atoms. The molecule has 1 amide bonds. The number of hydrogen-bond donors (Lipinski definition) is 1. The fourth-order valence-corrected chi connectivity index (χ4v) is 3.63. The second kappa shape index (κ2) is 9.34. The Bertz CT molecular complexity index is 872. The molecular formula is C19H19Cl2N3O4. The van der Waals surface area contributed by atoms with Crippen molar-refractivity contribution in [1.29, 1.82) is 0 Å². The van der Waals surface area contributed by atoms with Gasteiger partial charge in [0.05, 0.1) is 24.2 Å². The lowest BCUT2D eigenvalue weighted by Crippen LogP contribution is -2.44. The minimum Gasteiger partial charge on any atom is -0.379 e. The van der Waals surface area contributed by atoms with Crippen LogP contribution in [0.5, 0.6) is 0 Å². The minimum absolute atomic E-state index is 0.0331. The lowest BCUT2D eigenvalue weighted by molar-refractivity contribution is -0.385. The number of morpholine rings is 1. The number of nitrogens with one attached hydrogen (secondary N) is 1. The van der Waals surface area contributed by atoms with Crippen molar-refractivity contribution in [1.82, 2.24) is 10.2 Å². The summed E-state index contributed by atoms with van der Waals surface area (Å²) in [7, 11) is 0. The molecule has 7 nitrogen and oxygen atoms in total. The number of nitro benzene ring substituents is 1. The quantitative estimate of drug-likeness (QED) is 0.565. The van der Waals surface area contributed by atoms with E-state index in [1.807, 2.05) is 18.2 Å². The van der Waals surface area contributed by atoms with Crippen molar-refractivity contribution in [2.45, 2.75) is 6.04 Å². The number of ether oxygens (including phenoxy) is 1. The molecule has 3 rings (SSSR count). The second-order valence-corrected chi connectivity index (χ2v) is 7.16. The highest BCUT2D eigenvalue weighted by Crippen LogP contribution is 2.28. The van der Waals surface area contributed by atoms with Crippen LogP contribution >= 0.6 is 23.2 Å². The van der Waals surface area contributed by atoms with Crippen molar-refractivity contribution in [3.05, 3.63) is 73.8 Å². The van der Waals surface area contributed by atoms with E-state index in [0.717, 1.165) is 5.56 Å². The third-order valence-electron chi connectivity index (χ3n) is 4.61. The largest absolute Gasteiger partial charge is 0.379 e. The average Bonchev–Trinajstić information content (AvgIpc) is 2.70. The molecule has 2 aromatic rings. The molecule has 0 aliphatic carbocycles. The van der Waals surface area contributed by atoms with Crippen LogP contribution in [-0.4, -0.2) is 48.6 Å². The van der Waals surface area contributed by atoms with Gasteiger partial charge in [0.25, 0.3) is 11.6 Å². The van der Waals surface area contributed by atoms with Crippen LogP contribution in [0.1, 0.15) is 22.0 Å². The van der Waals surface area contributed by atoms with Gasteiger partial charge in [-0.1, -0.05) is 41.4 Å². The van der Waals surface area contributed by atoms with Crippen LogP contribution in [0.15, 0.2) is 42.5 Å². The van der Waals surface area contributed by atoms with E-state index in [0.29, 0.717) is 31.3 Å². The third kappa shape index (κ3) is 4.80. The molecule has 28 heavy (non-hydrogen) atoms. The summed E-state index contributed by atoms with van der Waals surface area (Å²) >= 11 is 12.2. The minimum atomic E-state index is -0.617. The van der Waals surface area contributed by atoms with Gasteiger partial charge < -0.3 is 10.1 Å². The Morgan fingerprint density at radius 2 is 1.93 bits per heavy atom. The summed E-state index contributed by atoms with van der Waals surface area (Å²) in [5, 5.41) is 14.9. The molecule has 1 aliphatic rings. The van der Waals surface area contributed by atoms with Gasteiger partial charge in [0, 0.05) is 35.7 Å². The van der Waals surface area contributed by atoms with Crippen LogP contribution in [0.3, 0.4) is 0 Å². The van der Waals surface area contributed by atoms with Gasteiger partial charge in [-0.2, -0.15) is 0 Å². The number of halogens is 2. The summed E-state index contributed by atoms with van der Waals surface area (Å²) in [6.07, 6.45) is 0. The van der Waals surface area contributed by atoms with E-state index in [2.05, 4.69) is 10.2 Å². The molecule has 1 fully saturated rings. The van der Waals surface area contributed by atoms with E-state index in [9.17, 15) is 14.9 Å². The summed E-state index contributed by atoms with van der Waals surface area (Å²) in [5.74, 6) is -0.534. The van der Waals surface area contributed by atoms with Crippen LogP contribution in [-0.2, 0) is 4.74 Å². The normalized spacial score (nSPS) is 15.8. The predicted molar refractivity (Wildman–Crippen MR) is 107 cm³/mol. The van der Waals surface area contributed by atoms with Crippen LogP contribution in [0.25, 0.3) is 0 Å². The second-order valence-electron chi connectivity index (χ2n) is 6.31. The molecule has 0 unspecified atom stereocenters. The zero-order chi connectivity index (χ0) is 20.1. The summed E-state index contributed by atoms with van der Waals surface area (Å²) < 4.78 is 5.41. The monoisotopic (exact) mass is 423 g/mol. The molecule has 2 aromatic carbocycles. The number of carbonyl (C=O) groups excluding carboxylic acids is 1. The number of benzene rings is 2. The van der Waals surface area contributed by atoms with Crippen molar-refractivity contribution in [2.24, 2.45) is 0 Å². The Balaban J connectivity index is 1.81. The molecule has 1 N–H and O–H groups in total. The molecule has 0 bridgehead atoms. The van der Waals surface area contributed by atoms with Gasteiger partial charge in [0.2, 0.25) is 0 Å². The Kier molecular flexibility index (Phi) is 6.85. The summed E-state index contributed by atoms with van der Waals surface area (Å²) in [6, 6.07) is 11.3. The van der Waals surface area contributed by atoms with Crippen molar-refractivity contribution < 1.29 is 14.5 Å².